The first kappa shape index (κ1) is 46.8. The molecule has 0 aromatic carbocycles. The summed E-state index contributed by atoms with van der Waals surface area (Å²) in [5, 5.41) is 22.3. The number of ether oxygens (including phenoxy) is 8. The Morgan fingerprint density at radius 1 is 0.574 bits per heavy atom. The minimum atomic E-state index is -1.67. The van der Waals surface area contributed by atoms with Crippen molar-refractivity contribution in [2.45, 2.75) is 169 Å². The number of esters is 4. The number of hydrogen-bond donors (Lipinski definition) is 2. The molecule has 2 fully saturated rings. The van der Waals surface area contributed by atoms with Crippen LogP contribution in [0.1, 0.15) is 108 Å². The molecule has 2 saturated heterocycles. The Morgan fingerprint density at radius 2 is 1.07 bits per heavy atom. The molecule has 14 nitrogen and oxygen atoms in total. The highest BCUT2D eigenvalue weighted by molar-refractivity contribution is 5.68. The van der Waals surface area contributed by atoms with E-state index < -0.39 is 85.3 Å². The van der Waals surface area contributed by atoms with E-state index in [1.807, 2.05) is 13.0 Å². The summed E-state index contributed by atoms with van der Waals surface area (Å²) < 4.78 is 45.4. The maximum atomic E-state index is 12.2. The molecule has 2 aliphatic heterocycles. The molecule has 2 rings (SSSR count). The molecule has 2 N–H and O–H groups in total. The van der Waals surface area contributed by atoms with E-state index in [2.05, 4.69) is 45.9 Å². The van der Waals surface area contributed by atoms with E-state index in [4.69, 9.17) is 37.9 Å². The van der Waals surface area contributed by atoms with E-state index in [9.17, 15) is 29.4 Å². The van der Waals surface area contributed by atoms with Crippen molar-refractivity contribution in [3.8, 4) is 0 Å². The molecule has 0 aliphatic carbocycles. The third kappa shape index (κ3) is 16.5. The van der Waals surface area contributed by atoms with Gasteiger partial charge in [-0.25, -0.2) is 0 Å². The number of hydrogen-bond acceptors (Lipinski definition) is 14. The van der Waals surface area contributed by atoms with Gasteiger partial charge in [-0.2, -0.15) is 0 Å². The normalized spacial score (nSPS) is 29.2. The number of aliphatic hydroxyl groups is 2. The summed E-state index contributed by atoms with van der Waals surface area (Å²) in [6, 6.07) is 0. The van der Waals surface area contributed by atoms with Gasteiger partial charge in [0.1, 0.15) is 31.0 Å². The summed E-state index contributed by atoms with van der Waals surface area (Å²) in [5.41, 5.74) is 5.10. The van der Waals surface area contributed by atoms with Crippen LogP contribution in [0.25, 0.3) is 0 Å². The highest BCUT2D eigenvalue weighted by Gasteiger charge is 2.54. The van der Waals surface area contributed by atoms with Crippen LogP contribution in [0.5, 0.6) is 0 Å². The zero-order valence-corrected chi connectivity index (χ0v) is 33.5. The van der Waals surface area contributed by atoms with E-state index in [1.165, 1.54) is 30.6 Å². The lowest BCUT2D eigenvalue weighted by Crippen LogP contribution is -2.65. The summed E-state index contributed by atoms with van der Waals surface area (Å²) in [7, 11) is 0. The van der Waals surface area contributed by atoms with Gasteiger partial charge in [-0.1, -0.05) is 46.6 Å². The number of aliphatic hydroxyl groups excluding tert-OH is 2. The van der Waals surface area contributed by atoms with Crippen molar-refractivity contribution >= 4 is 23.9 Å². The minimum absolute atomic E-state index is 0.0267. The lowest BCUT2D eigenvalue weighted by atomic mass is 9.97. The molecule has 54 heavy (non-hydrogen) atoms. The Hall–Kier alpha value is -3.40. The van der Waals surface area contributed by atoms with Gasteiger partial charge in [0.05, 0.1) is 12.7 Å². The molecule has 0 spiro atoms. The molecule has 0 amide bonds. The quantitative estimate of drug-likeness (QED) is 0.101. The van der Waals surface area contributed by atoms with E-state index in [0.29, 0.717) is 0 Å². The van der Waals surface area contributed by atoms with Gasteiger partial charge in [-0.05, 0) is 80.1 Å². The van der Waals surface area contributed by atoms with Gasteiger partial charge in [-0.15, -0.1) is 0 Å². The van der Waals surface area contributed by atoms with Gasteiger partial charge >= 0.3 is 23.9 Å². The summed E-state index contributed by atoms with van der Waals surface area (Å²) >= 11 is 0. The van der Waals surface area contributed by atoms with Crippen LogP contribution < -0.4 is 0 Å². The van der Waals surface area contributed by atoms with Crippen molar-refractivity contribution in [3.05, 3.63) is 46.6 Å². The summed E-state index contributed by atoms with van der Waals surface area (Å²) in [6.45, 7) is 16.3. The lowest BCUT2D eigenvalue weighted by Gasteiger charge is -2.47. The van der Waals surface area contributed by atoms with Gasteiger partial charge in [-0.3, -0.25) is 19.2 Å². The van der Waals surface area contributed by atoms with Gasteiger partial charge in [0, 0.05) is 27.7 Å². The van der Waals surface area contributed by atoms with Crippen LogP contribution >= 0.6 is 0 Å². The topological polar surface area (TPSA) is 183 Å². The molecule has 0 saturated carbocycles. The van der Waals surface area contributed by atoms with Gasteiger partial charge in [0.25, 0.3) is 0 Å². The Kier molecular flexibility index (Phi) is 20.4. The first-order chi connectivity index (χ1) is 25.4. The average Bonchev–Trinajstić information content (AvgIpc) is 3.06. The van der Waals surface area contributed by atoms with E-state index in [0.717, 1.165) is 64.9 Å². The SMILES string of the molecule is CC(=O)OCC1OC(OCC=C(C)CCC=C(C)CCC=C(C)CCC=C(C)C)C(OC2OC(C)C(OC(C)=O)C(OC(C)=O)C2OC(C)=O)C(O)C1O. The zero-order valence-electron chi connectivity index (χ0n) is 33.5. The van der Waals surface area contributed by atoms with Gasteiger partial charge < -0.3 is 48.1 Å². The highest BCUT2D eigenvalue weighted by Crippen LogP contribution is 2.33. The van der Waals surface area contributed by atoms with Crippen molar-refractivity contribution in [1.82, 2.24) is 0 Å². The Labute approximate surface area is 319 Å². The Bertz CT molecular complexity index is 1360. The lowest BCUT2D eigenvalue weighted by molar-refractivity contribution is -0.364. The van der Waals surface area contributed by atoms with Crippen molar-refractivity contribution in [3.63, 3.8) is 0 Å². The summed E-state index contributed by atoms with van der Waals surface area (Å²) in [5.74, 6) is -2.86. The number of carbonyl (C=O) groups excluding carboxylic acids is 4. The second kappa shape index (κ2) is 23.5. The Morgan fingerprint density at radius 3 is 1.59 bits per heavy atom. The smallest absolute Gasteiger partial charge is 0.303 e. The maximum Gasteiger partial charge on any atom is 0.303 e. The number of rotatable bonds is 19. The predicted molar refractivity (Wildman–Crippen MR) is 198 cm³/mol. The Balaban J connectivity index is 2.19. The van der Waals surface area contributed by atoms with Crippen molar-refractivity contribution in [2.24, 2.45) is 0 Å². The highest BCUT2D eigenvalue weighted by atomic mass is 16.8. The molecule has 2 heterocycles. The fourth-order valence-corrected chi connectivity index (χ4v) is 6.03. The first-order valence-electron chi connectivity index (χ1n) is 18.6. The largest absolute Gasteiger partial charge is 0.463 e. The number of carbonyl (C=O) groups is 4. The predicted octanol–water partition coefficient (Wildman–Crippen LogP) is 5.08. The molecule has 10 atom stereocenters. The second-order valence-electron chi connectivity index (χ2n) is 14.2. The molecule has 0 radical (unpaired) electrons. The van der Waals surface area contributed by atoms with Crippen LogP contribution in [0.4, 0.5) is 0 Å². The first-order valence-corrected chi connectivity index (χ1v) is 18.6. The third-order valence-electron chi connectivity index (χ3n) is 8.87. The van der Waals surface area contributed by atoms with Crippen molar-refractivity contribution in [2.75, 3.05) is 13.2 Å². The van der Waals surface area contributed by atoms with E-state index in [-0.39, 0.29) is 13.2 Å². The monoisotopic (exact) mass is 766 g/mol. The average molecular weight is 767 g/mol. The maximum absolute atomic E-state index is 12.2. The van der Waals surface area contributed by atoms with E-state index in [1.54, 1.807) is 0 Å². The van der Waals surface area contributed by atoms with Crippen LogP contribution in [-0.2, 0) is 57.1 Å². The number of allylic oxidation sites excluding steroid dienone is 7. The van der Waals surface area contributed by atoms with Gasteiger partial charge in [0.15, 0.2) is 30.9 Å². The van der Waals surface area contributed by atoms with E-state index >= 15 is 0 Å². The summed E-state index contributed by atoms with van der Waals surface area (Å²) in [6.07, 6.45) is 0.700. The molecule has 2 aliphatic rings. The molecule has 0 bridgehead atoms. The van der Waals surface area contributed by atoms with Gasteiger partial charge in [0.2, 0.25) is 0 Å². The third-order valence-corrected chi connectivity index (χ3v) is 8.87. The second-order valence-corrected chi connectivity index (χ2v) is 14.2. The zero-order chi connectivity index (χ0) is 40.5. The standard InChI is InChI=1S/C40H62O14/c1-23(2)14-11-15-24(3)16-12-17-25(4)18-13-19-26(5)20-21-47-39-36(34(46)33(45)32(53-39)22-48-28(7)41)54-40-38(52-31(10)44)37(51-30(9)43)35(27(6)49-40)50-29(8)42/h14,16,18,20,27,32-40,45-46H,11-13,15,17,19,21-22H2,1-10H3. The molecule has 14 heteroatoms. The van der Waals surface area contributed by atoms with Crippen LogP contribution in [-0.4, -0.2) is 109 Å². The van der Waals surface area contributed by atoms with Crippen molar-refractivity contribution < 1.29 is 67.3 Å². The molecular weight excluding hydrogens is 704 g/mol. The van der Waals surface area contributed by atoms with Crippen molar-refractivity contribution in [1.29, 1.82) is 0 Å². The molecule has 0 aromatic heterocycles. The molecule has 0 aromatic rings. The molecule has 10 unspecified atom stereocenters. The fraction of sp³-hybridized carbons (Fsp3) is 0.700. The van der Waals surface area contributed by atoms with Crippen LogP contribution in [0.15, 0.2) is 46.6 Å². The molecular formula is C40H62O14. The summed E-state index contributed by atoms with van der Waals surface area (Å²) in [4.78, 5) is 47.7. The van der Waals surface area contributed by atoms with Crippen LogP contribution in [0.2, 0.25) is 0 Å². The minimum Gasteiger partial charge on any atom is -0.463 e. The fourth-order valence-electron chi connectivity index (χ4n) is 6.03. The molecule has 306 valence electrons. The van der Waals surface area contributed by atoms with Crippen LogP contribution in [0.3, 0.4) is 0 Å². The van der Waals surface area contributed by atoms with Crippen LogP contribution in [0, 0.1) is 0 Å².